The Bertz CT molecular complexity index is 1630. The van der Waals surface area contributed by atoms with Crippen LogP contribution in [0.3, 0.4) is 0 Å². The Morgan fingerprint density at radius 1 is 1.00 bits per heavy atom. The van der Waals surface area contributed by atoms with Crippen LogP contribution < -0.4 is 5.56 Å². The second-order valence-electron chi connectivity index (χ2n) is 7.91. The third kappa shape index (κ3) is 4.43. The molecule has 2 heterocycles. The average molecular weight is 486 g/mol. The molecule has 0 amide bonds. The standard InChI is InChI=1S/C25H19N5O4S/c1-15-7-10-19(13-16(15)2)29-24(31)20-5-3-4-6-21(20)26-25(29)35-14-22-27-28-23(34-22)17-8-11-18(12-9-17)30(32)33/h3-13H,14H2,1-2H3. The lowest BCUT2D eigenvalue weighted by Gasteiger charge is -2.14. The number of hydrogen-bond acceptors (Lipinski definition) is 8. The zero-order valence-corrected chi connectivity index (χ0v) is 19.7. The second-order valence-corrected chi connectivity index (χ2v) is 8.86. The molecule has 0 saturated carbocycles. The summed E-state index contributed by atoms with van der Waals surface area (Å²) < 4.78 is 7.37. The molecule has 0 N–H and O–H groups in total. The van der Waals surface area contributed by atoms with E-state index in [1.165, 1.54) is 23.9 Å². The molecule has 5 aromatic rings. The highest BCUT2D eigenvalue weighted by Crippen LogP contribution is 2.27. The molecular formula is C25H19N5O4S. The maximum absolute atomic E-state index is 13.4. The minimum Gasteiger partial charge on any atom is -0.420 e. The Kier molecular flexibility index (Phi) is 5.87. The molecule has 0 radical (unpaired) electrons. The number of aromatic nitrogens is 4. The van der Waals surface area contributed by atoms with Gasteiger partial charge in [0.05, 0.1) is 27.3 Å². The van der Waals surface area contributed by atoms with E-state index in [0.29, 0.717) is 27.5 Å². The van der Waals surface area contributed by atoms with Crippen molar-refractivity contribution < 1.29 is 9.34 Å². The smallest absolute Gasteiger partial charge is 0.269 e. The molecule has 5 rings (SSSR count). The molecule has 9 nitrogen and oxygen atoms in total. The van der Waals surface area contributed by atoms with Crippen molar-refractivity contribution >= 4 is 28.4 Å². The summed E-state index contributed by atoms with van der Waals surface area (Å²) in [5.74, 6) is 0.890. The predicted molar refractivity (Wildman–Crippen MR) is 133 cm³/mol. The van der Waals surface area contributed by atoms with E-state index >= 15 is 0 Å². The largest absolute Gasteiger partial charge is 0.420 e. The van der Waals surface area contributed by atoms with Gasteiger partial charge in [-0.05, 0) is 61.4 Å². The number of nitro groups is 1. The fraction of sp³-hybridized carbons (Fsp3) is 0.120. The summed E-state index contributed by atoms with van der Waals surface area (Å²) in [6.45, 7) is 4.03. The molecule has 10 heteroatoms. The van der Waals surface area contributed by atoms with Crippen molar-refractivity contribution in [2.24, 2.45) is 0 Å². The zero-order chi connectivity index (χ0) is 24.5. The van der Waals surface area contributed by atoms with Gasteiger partial charge in [-0.3, -0.25) is 19.5 Å². The molecule has 174 valence electrons. The number of aryl methyl sites for hydroxylation is 2. The van der Waals surface area contributed by atoms with E-state index in [1.807, 2.05) is 50.2 Å². The Morgan fingerprint density at radius 2 is 1.77 bits per heavy atom. The van der Waals surface area contributed by atoms with Crippen LogP contribution in [0.1, 0.15) is 17.0 Å². The summed E-state index contributed by atoms with van der Waals surface area (Å²) in [7, 11) is 0. The van der Waals surface area contributed by atoms with Crippen molar-refractivity contribution in [3.63, 3.8) is 0 Å². The van der Waals surface area contributed by atoms with Gasteiger partial charge in [0.25, 0.3) is 11.2 Å². The number of nitro benzene ring substituents is 1. The number of para-hydroxylation sites is 1. The molecule has 2 aromatic heterocycles. The van der Waals surface area contributed by atoms with Crippen molar-refractivity contribution in [2.75, 3.05) is 0 Å². The van der Waals surface area contributed by atoms with E-state index in [9.17, 15) is 14.9 Å². The molecule has 0 atom stereocenters. The van der Waals surface area contributed by atoms with Crippen LogP contribution in [0.4, 0.5) is 5.69 Å². The van der Waals surface area contributed by atoms with Gasteiger partial charge in [-0.25, -0.2) is 4.98 Å². The van der Waals surface area contributed by atoms with Crippen molar-refractivity contribution in [1.29, 1.82) is 0 Å². The van der Waals surface area contributed by atoms with Crippen molar-refractivity contribution in [2.45, 2.75) is 24.8 Å². The molecule has 0 saturated heterocycles. The number of benzene rings is 3. The van der Waals surface area contributed by atoms with Crippen LogP contribution in [0.5, 0.6) is 0 Å². The summed E-state index contributed by atoms with van der Waals surface area (Å²) in [5, 5.41) is 20.1. The summed E-state index contributed by atoms with van der Waals surface area (Å²) in [6.07, 6.45) is 0. The highest BCUT2D eigenvalue weighted by Gasteiger charge is 2.16. The normalized spacial score (nSPS) is 11.1. The Morgan fingerprint density at radius 3 is 2.51 bits per heavy atom. The van der Waals surface area contributed by atoms with Gasteiger partial charge in [-0.1, -0.05) is 30.0 Å². The first-order valence-corrected chi connectivity index (χ1v) is 11.7. The van der Waals surface area contributed by atoms with Crippen LogP contribution in [0.2, 0.25) is 0 Å². The van der Waals surface area contributed by atoms with Crippen LogP contribution in [0.25, 0.3) is 28.0 Å². The van der Waals surface area contributed by atoms with E-state index in [-0.39, 0.29) is 22.9 Å². The van der Waals surface area contributed by atoms with Crippen LogP contribution >= 0.6 is 11.8 Å². The lowest BCUT2D eigenvalue weighted by molar-refractivity contribution is -0.384. The Labute approximate surface area is 203 Å². The van der Waals surface area contributed by atoms with Gasteiger partial charge in [0, 0.05) is 17.7 Å². The lowest BCUT2D eigenvalue weighted by atomic mass is 10.1. The van der Waals surface area contributed by atoms with Crippen LogP contribution in [-0.4, -0.2) is 24.7 Å². The SMILES string of the molecule is Cc1ccc(-n2c(SCc3nnc(-c4ccc([N+](=O)[O-])cc4)o3)nc3ccccc3c2=O)cc1C. The molecular weight excluding hydrogens is 466 g/mol. The van der Waals surface area contributed by atoms with Crippen molar-refractivity contribution in [3.8, 4) is 17.1 Å². The van der Waals surface area contributed by atoms with E-state index in [2.05, 4.69) is 10.2 Å². The van der Waals surface area contributed by atoms with Gasteiger partial charge < -0.3 is 4.42 Å². The van der Waals surface area contributed by atoms with E-state index < -0.39 is 4.92 Å². The monoisotopic (exact) mass is 485 g/mol. The lowest BCUT2D eigenvalue weighted by Crippen LogP contribution is -2.22. The van der Waals surface area contributed by atoms with E-state index in [4.69, 9.17) is 9.40 Å². The zero-order valence-electron chi connectivity index (χ0n) is 18.8. The molecule has 0 spiro atoms. The third-order valence-corrected chi connectivity index (χ3v) is 6.53. The number of rotatable bonds is 6. The summed E-state index contributed by atoms with van der Waals surface area (Å²) in [6, 6.07) is 19.0. The third-order valence-electron chi connectivity index (χ3n) is 5.61. The van der Waals surface area contributed by atoms with Gasteiger partial charge in [0.1, 0.15) is 0 Å². The minimum atomic E-state index is -0.467. The van der Waals surface area contributed by atoms with Gasteiger partial charge in [-0.15, -0.1) is 10.2 Å². The van der Waals surface area contributed by atoms with Gasteiger partial charge in [0.2, 0.25) is 11.8 Å². The van der Waals surface area contributed by atoms with Crippen LogP contribution in [-0.2, 0) is 5.75 Å². The van der Waals surface area contributed by atoms with Gasteiger partial charge in [-0.2, -0.15) is 0 Å². The van der Waals surface area contributed by atoms with Gasteiger partial charge >= 0.3 is 0 Å². The summed E-state index contributed by atoms with van der Waals surface area (Å²) in [5.41, 5.74) is 3.95. The maximum atomic E-state index is 13.4. The summed E-state index contributed by atoms with van der Waals surface area (Å²) >= 11 is 1.32. The first-order chi connectivity index (χ1) is 16.9. The number of fused-ring (bicyclic) bond motifs is 1. The Balaban J connectivity index is 1.48. The second kappa shape index (κ2) is 9.15. The first-order valence-electron chi connectivity index (χ1n) is 10.7. The maximum Gasteiger partial charge on any atom is 0.269 e. The number of thioether (sulfide) groups is 1. The molecule has 0 unspecified atom stereocenters. The number of nitrogens with zero attached hydrogens (tertiary/aromatic N) is 5. The molecule has 0 aliphatic rings. The van der Waals surface area contributed by atoms with Gasteiger partial charge in [0.15, 0.2) is 5.16 Å². The highest BCUT2D eigenvalue weighted by atomic mass is 32.2. The topological polar surface area (TPSA) is 117 Å². The molecule has 35 heavy (non-hydrogen) atoms. The van der Waals surface area contributed by atoms with Crippen molar-refractivity contribution in [3.05, 3.63) is 104 Å². The first kappa shape index (κ1) is 22.5. The highest BCUT2D eigenvalue weighted by molar-refractivity contribution is 7.98. The molecule has 0 fully saturated rings. The average Bonchev–Trinajstić information content (AvgIpc) is 3.34. The quantitative estimate of drug-likeness (QED) is 0.138. The molecule has 3 aromatic carbocycles. The van der Waals surface area contributed by atoms with E-state index in [0.717, 1.165) is 16.8 Å². The van der Waals surface area contributed by atoms with Crippen LogP contribution in [0.15, 0.2) is 81.1 Å². The fourth-order valence-electron chi connectivity index (χ4n) is 3.58. The van der Waals surface area contributed by atoms with Crippen molar-refractivity contribution in [1.82, 2.24) is 19.7 Å². The number of hydrogen-bond donors (Lipinski definition) is 0. The van der Waals surface area contributed by atoms with Crippen LogP contribution in [0, 0.1) is 24.0 Å². The molecule has 0 bridgehead atoms. The predicted octanol–water partition coefficient (Wildman–Crippen LogP) is 5.25. The molecule has 0 aliphatic heterocycles. The molecule has 0 aliphatic carbocycles. The fourth-order valence-corrected chi connectivity index (χ4v) is 4.43. The summed E-state index contributed by atoms with van der Waals surface area (Å²) in [4.78, 5) is 28.6. The number of non-ortho nitro benzene ring substituents is 1. The Hall–Kier alpha value is -4.31. The minimum absolute atomic E-state index is 0.0178. The van der Waals surface area contributed by atoms with E-state index in [1.54, 1.807) is 22.8 Å².